The third-order valence-corrected chi connectivity index (χ3v) is 5.98. The SMILES string of the molecule is C=C/C(=C\C=C/C)CNC(=O)c1cccc(-c2ccc(N(C=C)c3cccc(NC(=O)NCC(F)(F)F)c3)c(N)c2)c1. The minimum Gasteiger partial charge on any atom is -0.397 e. The topological polar surface area (TPSA) is 99.5 Å². The van der Waals surface area contributed by atoms with E-state index < -0.39 is 18.8 Å². The van der Waals surface area contributed by atoms with Gasteiger partial charge in [-0.05, 0) is 66.1 Å². The van der Waals surface area contributed by atoms with Gasteiger partial charge in [-0.2, -0.15) is 13.2 Å². The predicted molar refractivity (Wildman–Crippen MR) is 164 cm³/mol. The smallest absolute Gasteiger partial charge is 0.397 e. The van der Waals surface area contributed by atoms with Gasteiger partial charge in [0, 0.05) is 29.7 Å². The molecule has 0 aliphatic carbocycles. The van der Waals surface area contributed by atoms with Crippen molar-refractivity contribution >= 4 is 34.7 Å². The Morgan fingerprint density at radius 2 is 1.71 bits per heavy atom. The average Bonchev–Trinajstić information content (AvgIpc) is 2.97. The molecule has 0 aromatic heterocycles. The number of allylic oxidation sites excluding steroid dienone is 3. The third-order valence-electron chi connectivity index (χ3n) is 5.98. The molecule has 5 N–H and O–H groups in total. The van der Waals surface area contributed by atoms with Crippen LogP contribution in [-0.4, -0.2) is 31.2 Å². The zero-order valence-electron chi connectivity index (χ0n) is 23.0. The summed E-state index contributed by atoms with van der Waals surface area (Å²) in [6, 6.07) is 18.1. The van der Waals surface area contributed by atoms with Crippen LogP contribution in [-0.2, 0) is 0 Å². The number of hydrogen-bond acceptors (Lipinski definition) is 4. The van der Waals surface area contributed by atoms with Gasteiger partial charge < -0.3 is 26.6 Å². The van der Waals surface area contributed by atoms with E-state index in [1.807, 2.05) is 37.3 Å². The van der Waals surface area contributed by atoms with E-state index in [0.717, 1.165) is 16.7 Å². The highest BCUT2D eigenvalue weighted by Crippen LogP contribution is 2.35. The highest BCUT2D eigenvalue weighted by molar-refractivity contribution is 5.96. The van der Waals surface area contributed by atoms with Crippen molar-refractivity contribution < 1.29 is 22.8 Å². The predicted octanol–water partition coefficient (Wildman–Crippen LogP) is 7.32. The Kier molecular flexibility index (Phi) is 10.7. The van der Waals surface area contributed by atoms with Crippen LogP contribution < -0.4 is 26.6 Å². The first-order valence-electron chi connectivity index (χ1n) is 12.9. The molecule has 0 atom stereocenters. The second-order valence-corrected chi connectivity index (χ2v) is 9.03. The number of benzene rings is 3. The summed E-state index contributed by atoms with van der Waals surface area (Å²) in [7, 11) is 0. The average molecular weight is 576 g/mol. The van der Waals surface area contributed by atoms with E-state index in [2.05, 4.69) is 23.8 Å². The minimum atomic E-state index is -4.52. The van der Waals surface area contributed by atoms with Crippen molar-refractivity contribution in [1.82, 2.24) is 10.6 Å². The Balaban J connectivity index is 1.77. The molecule has 0 radical (unpaired) electrons. The van der Waals surface area contributed by atoms with E-state index in [-0.39, 0.29) is 11.6 Å². The Morgan fingerprint density at radius 1 is 0.976 bits per heavy atom. The van der Waals surface area contributed by atoms with Crippen molar-refractivity contribution in [2.24, 2.45) is 0 Å². The standard InChI is InChI=1S/C32H32F3N5O2/c1-4-7-10-22(5-2)20-37-30(41)25-12-8-11-23(17-25)24-15-16-29(28(36)18-24)40(6-3)27-14-9-13-26(19-27)39-31(42)38-21-32(33,34)35/h4-19H,2-3,20-21,36H2,1H3,(H,37,41)(H2,38,39,42)/b7-4-,22-10+. The summed E-state index contributed by atoms with van der Waals surface area (Å²) in [6.07, 6.45) is 4.34. The molecule has 0 unspecified atom stereocenters. The summed E-state index contributed by atoms with van der Waals surface area (Å²) in [5.41, 5.74) is 11.2. The molecule has 42 heavy (non-hydrogen) atoms. The molecule has 0 spiro atoms. The number of alkyl halides is 3. The van der Waals surface area contributed by atoms with E-state index in [4.69, 9.17) is 5.73 Å². The molecule has 0 saturated carbocycles. The normalized spacial score (nSPS) is 11.6. The maximum absolute atomic E-state index is 12.8. The molecular weight excluding hydrogens is 543 g/mol. The van der Waals surface area contributed by atoms with Crippen LogP contribution in [0.15, 0.2) is 116 Å². The van der Waals surface area contributed by atoms with Gasteiger partial charge in [-0.15, -0.1) is 0 Å². The van der Waals surface area contributed by atoms with Gasteiger partial charge in [0.05, 0.1) is 11.4 Å². The lowest BCUT2D eigenvalue weighted by Gasteiger charge is -2.23. The van der Waals surface area contributed by atoms with Gasteiger partial charge in [-0.1, -0.05) is 61.7 Å². The van der Waals surface area contributed by atoms with Crippen LogP contribution in [0.25, 0.3) is 11.1 Å². The lowest BCUT2D eigenvalue weighted by Crippen LogP contribution is -2.36. The van der Waals surface area contributed by atoms with Gasteiger partial charge in [0.15, 0.2) is 0 Å². The number of rotatable bonds is 11. The summed E-state index contributed by atoms with van der Waals surface area (Å²) in [5, 5.41) is 7.05. The second kappa shape index (κ2) is 14.4. The van der Waals surface area contributed by atoms with Gasteiger partial charge in [0.1, 0.15) is 6.54 Å². The first-order chi connectivity index (χ1) is 20.0. The molecule has 0 bridgehead atoms. The van der Waals surface area contributed by atoms with Crippen LogP contribution in [0.5, 0.6) is 0 Å². The first kappa shape index (κ1) is 31.3. The molecule has 3 rings (SSSR count). The van der Waals surface area contributed by atoms with E-state index >= 15 is 0 Å². The number of halogens is 3. The van der Waals surface area contributed by atoms with E-state index in [1.165, 1.54) is 6.20 Å². The summed E-state index contributed by atoms with van der Waals surface area (Å²) < 4.78 is 37.2. The quantitative estimate of drug-likeness (QED) is 0.142. The maximum atomic E-state index is 12.8. The Labute approximate surface area is 242 Å². The monoisotopic (exact) mass is 575 g/mol. The lowest BCUT2D eigenvalue weighted by atomic mass is 10.0. The van der Waals surface area contributed by atoms with Crippen molar-refractivity contribution in [1.29, 1.82) is 0 Å². The highest BCUT2D eigenvalue weighted by atomic mass is 19.4. The largest absolute Gasteiger partial charge is 0.405 e. The lowest BCUT2D eigenvalue weighted by molar-refractivity contribution is -0.122. The number of hydrogen-bond donors (Lipinski definition) is 4. The van der Waals surface area contributed by atoms with Crippen LogP contribution in [0.4, 0.5) is 40.7 Å². The van der Waals surface area contributed by atoms with Crippen molar-refractivity contribution in [3.63, 3.8) is 0 Å². The molecule has 0 aliphatic heterocycles. The molecule has 10 heteroatoms. The highest BCUT2D eigenvalue weighted by Gasteiger charge is 2.27. The summed E-state index contributed by atoms with van der Waals surface area (Å²) >= 11 is 0. The number of anilines is 4. The molecule has 0 aliphatic rings. The number of urea groups is 1. The van der Waals surface area contributed by atoms with E-state index in [1.54, 1.807) is 70.9 Å². The van der Waals surface area contributed by atoms with Gasteiger partial charge in [0.2, 0.25) is 0 Å². The van der Waals surface area contributed by atoms with Crippen LogP contribution in [0, 0.1) is 0 Å². The zero-order chi connectivity index (χ0) is 30.7. The van der Waals surface area contributed by atoms with Gasteiger partial charge in [-0.3, -0.25) is 4.79 Å². The van der Waals surface area contributed by atoms with E-state index in [9.17, 15) is 22.8 Å². The Morgan fingerprint density at radius 3 is 2.38 bits per heavy atom. The van der Waals surface area contributed by atoms with Gasteiger partial charge in [0.25, 0.3) is 5.91 Å². The van der Waals surface area contributed by atoms with Gasteiger partial charge >= 0.3 is 12.2 Å². The number of carbonyl (C=O) groups excluding carboxylic acids is 2. The third kappa shape index (κ3) is 8.88. The summed E-state index contributed by atoms with van der Waals surface area (Å²) in [4.78, 5) is 26.4. The number of amides is 3. The van der Waals surface area contributed by atoms with Crippen LogP contribution in [0.3, 0.4) is 0 Å². The van der Waals surface area contributed by atoms with Gasteiger partial charge in [-0.25, -0.2) is 4.79 Å². The molecule has 3 aromatic carbocycles. The first-order valence-corrected chi connectivity index (χ1v) is 12.9. The number of nitrogens with zero attached hydrogens (tertiary/aromatic N) is 1. The molecule has 0 heterocycles. The minimum absolute atomic E-state index is 0.229. The molecule has 0 fully saturated rings. The van der Waals surface area contributed by atoms with Crippen LogP contribution in [0.2, 0.25) is 0 Å². The molecule has 7 nitrogen and oxygen atoms in total. The summed E-state index contributed by atoms with van der Waals surface area (Å²) in [6.45, 7) is 8.42. The van der Waals surface area contributed by atoms with Crippen molar-refractivity contribution in [3.05, 3.63) is 122 Å². The number of nitrogens with two attached hydrogens (primary N) is 1. The summed E-state index contributed by atoms with van der Waals surface area (Å²) in [5.74, 6) is -0.229. The molecule has 3 amide bonds. The number of nitrogen functional groups attached to an aromatic ring is 1. The molecule has 0 saturated heterocycles. The molecule has 218 valence electrons. The van der Waals surface area contributed by atoms with Crippen LogP contribution in [0.1, 0.15) is 17.3 Å². The fourth-order valence-electron chi connectivity index (χ4n) is 3.93. The maximum Gasteiger partial charge on any atom is 0.405 e. The Bertz CT molecular complexity index is 1510. The van der Waals surface area contributed by atoms with E-state index in [0.29, 0.717) is 29.2 Å². The molecular formula is C32H32F3N5O2. The molecule has 3 aromatic rings. The number of nitrogens with one attached hydrogen (secondary N) is 3. The van der Waals surface area contributed by atoms with Crippen molar-refractivity contribution in [2.75, 3.05) is 29.0 Å². The fraction of sp³-hybridized carbons (Fsp3) is 0.125. The Hall–Kier alpha value is -5.25. The number of carbonyl (C=O) groups is 2. The second-order valence-electron chi connectivity index (χ2n) is 9.03. The fourth-order valence-corrected chi connectivity index (χ4v) is 3.93. The van der Waals surface area contributed by atoms with Crippen molar-refractivity contribution in [3.8, 4) is 11.1 Å². The zero-order valence-corrected chi connectivity index (χ0v) is 23.0. The van der Waals surface area contributed by atoms with Crippen LogP contribution >= 0.6 is 0 Å². The van der Waals surface area contributed by atoms with Crippen molar-refractivity contribution in [2.45, 2.75) is 13.1 Å².